The van der Waals surface area contributed by atoms with Crippen molar-refractivity contribution in [2.24, 2.45) is 5.92 Å². The lowest BCUT2D eigenvalue weighted by Gasteiger charge is -2.38. The molecule has 2 aromatic rings. The van der Waals surface area contributed by atoms with Crippen LogP contribution < -0.4 is 20.3 Å². The van der Waals surface area contributed by atoms with Gasteiger partial charge in [0.1, 0.15) is 11.4 Å². The zero-order chi connectivity index (χ0) is 24.8. The lowest BCUT2D eigenvalue weighted by Crippen LogP contribution is -2.49. The number of piperazine rings is 1. The molecule has 1 aliphatic carbocycles. The highest BCUT2D eigenvalue weighted by molar-refractivity contribution is 5.97. The average Bonchev–Trinajstić information content (AvgIpc) is 2.89. The molecule has 1 amide bonds. The normalized spacial score (nSPS) is 17.2. The van der Waals surface area contributed by atoms with Gasteiger partial charge in [0.2, 0.25) is 5.91 Å². The molecule has 2 fully saturated rings. The minimum absolute atomic E-state index is 0.0167. The van der Waals surface area contributed by atoms with Crippen molar-refractivity contribution < 1.29 is 14.5 Å². The largest absolute Gasteiger partial charge is 0.495 e. The number of anilines is 3. The van der Waals surface area contributed by atoms with Crippen LogP contribution >= 0.6 is 0 Å². The number of amides is 1. The second kappa shape index (κ2) is 11.4. The number of nitrogens with two attached hydrogens (primary N) is 1. The number of nitro benzene ring substituents is 1. The number of hydrogen-bond donors (Lipinski definition) is 1. The zero-order valence-corrected chi connectivity index (χ0v) is 20.4. The summed E-state index contributed by atoms with van der Waals surface area (Å²) in [6.07, 6.45) is 4.95. The molecule has 0 bridgehead atoms. The van der Waals surface area contributed by atoms with Gasteiger partial charge in [0.05, 0.1) is 17.7 Å². The third-order valence-corrected chi connectivity index (χ3v) is 7.15. The number of carbonyl (C=O) groups is 1. The van der Waals surface area contributed by atoms with Gasteiger partial charge in [-0.05, 0) is 31.0 Å². The Hall–Kier alpha value is -3.33. The van der Waals surface area contributed by atoms with Crippen LogP contribution in [0.5, 0.6) is 5.75 Å². The molecule has 1 saturated carbocycles. The van der Waals surface area contributed by atoms with E-state index in [0.29, 0.717) is 24.5 Å². The van der Waals surface area contributed by atoms with Crippen molar-refractivity contribution in [3.8, 4) is 5.75 Å². The van der Waals surface area contributed by atoms with E-state index in [9.17, 15) is 14.9 Å². The maximum absolute atomic E-state index is 13.5. The summed E-state index contributed by atoms with van der Waals surface area (Å²) in [5.41, 5.74) is 7.97. The van der Waals surface area contributed by atoms with Gasteiger partial charge in [-0.2, -0.15) is 0 Å². The van der Waals surface area contributed by atoms with Gasteiger partial charge < -0.3 is 20.3 Å². The Labute approximate surface area is 206 Å². The molecule has 0 aromatic heterocycles. The average molecular weight is 482 g/mol. The highest BCUT2D eigenvalue weighted by Gasteiger charge is 2.31. The van der Waals surface area contributed by atoms with Crippen LogP contribution in [-0.2, 0) is 4.79 Å². The van der Waals surface area contributed by atoms with E-state index in [1.165, 1.54) is 6.07 Å². The highest BCUT2D eigenvalue weighted by Crippen LogP contribution is 2.33. The highest BCUT2D eigenvalue weighted by atomic mass is 16.6. The van der Waals surface area contributed by atoms with Crippen LogP contribution in [-0.4, -0.2) is 62.1 Å². The Morgan fingerprint density at radius 2 is 1.83 bits per heavy atom. The molecule has 4 rings (SSSR count). The summed E-state index contributed by atoms with van der Waals surface area (Å²) in [4.78, 5) is 31.1. The fraction of sp³-hybridized carbons (Fsp3) is 0.500. The van der Waals surface area contributed by atoms with Gasteiger partial charge in [-0.15, -0.1) is 0 Å². The molecule has 0 radical (unpaired) electrons. The number of nitrogens with zero attached hydrogens (tertiary/aromatic N) is 4. The fourth-order valence-corrected chi connectivity index (χ4v) is 5.18. The van der Waals surface area contributed by atoms with Crippen LogP contribution in [0.4, 0.5) is 22.7 Å². The molecule has 0 spiro atoms. The Balaban J connectivity index is 1.44. The first kappa shape index (κ1) is 24.8. The summed E-state index contributed by atoms with van der Waals surface area (Å²) in [6.45, 7) is 4.40. The summed E-state index contributed by atoms with van der Waals surface area (Å²) in [5.74, 6) is 0.724. The van der Waals surface area contributed by atoms with Crippen LogP contribution in [0.15, 0.2) is 42.5 Å². The van der Waals surface area contributed by atoms with Gasteiger partial charge in [-0.25, -0.2) is 0 Å². The second-order valence-corrected chi connectivity index (χ2v) is 9.33. The van der Waals surface area contributed by atoms with Gasteiger partial charge in [-0.3, -0.25) is 19.8 Å². The SMILES string of the molecule is COc1cc(N)ccc1N1CCN(CCN(C(=O)C2CCCCC2)c2ccccc2[N+](=O)[O-])CC1. The second-order valence-electron chi connectivity index (χ2n) is 9.33. The maximum Gasteiger partial charge on any atom is 0.292 e. The van der Waals surface area contributed by atoms with Crippen LogP contribution in [0.1, 0.15) is 32.1 Å². The molecule has 9 heteroatoms. The molecule has 2 aliphatic rings. The number of benzene rings is 2. The molecular formula is C26H35N5O4. The van der Waals surface area contributed by atoms with Crippen molar-refractivity contribution in [2.45, 2.75) is 32.1 Å². The fourth-order valence-electron chi connectivity index (χ4n) is 5.18. The Kier molecular flexibility index (Phi) is 8.07. The standard InChI is InChI=1S/C26H35N5O4/c1-35-25-19-21(27)11-12-24(25)29-16-13-28(14-17-29)15-18-30(26(32)20-7-3-2-4-8-20)22-9-5-6-10-23(22)31(33)34/h5-6,9-12,19-20H,2-4,7-8,13-18,27H2,1H3. The quantitative estimate of drug-likeness (QED) is 0.346. The lowest BCUT2D eigenvalue weighted by molar-refractivity contribution is -0.384. The molecule has 0 atom stereocenters. The van der Waals surface area contributed by atoms with Crippen molar-refractivity contribution in [3.63, 3.8) is 0 Å². The van der Waals surface area contributed by atoms with Crippen molar-refractivity contribution in [1.29, 1.82) is 0 Å². The van der Waals surface area contributed by atoms with E-state index >= 15 is 0 Å². The molecule has 1 aliphatic heterocycles. The summed E-state index contributed by atoms with van der Waals surface area (Å²) >= 11 is 0. The summed E-state index contributed by atoms with van der Waals surface area (Å²) in [7, 11) is 1.65. The predicted molar refractivity (Wildman–Crippen MR) is 138 cm³/mol. The minimum atomic E-state index is -0.394. The first-order valence-electron chi connectivity index (χ1n) is 12.4. The van der Waals surface area contributed by atoms with E-state index < -0.39 is 4.92 Å². The molecule has 1 saturated heterocycles. The number of hydrogen-bond acceptors (Lipinski definition) is 7. The van der Waals surface area contributed by atoms with Crippen LogP contribution in [0, 0.1) is 16.0 Å². The predicted octanol–water partition coefficient (Wildman–Crippen LogP) is 3.92. The first-order valence-corrected chi connectivity index (χ1v) is 12.4. The molecule has 2 N–H and O–H groups in total. The monoisotopic (exact) mass is 481 g/mol. The van der Waals surface area contributed by atoms with E-state index in [1.807, 2.05) is 18.2 Å². The van der Waals surface area contributed by atoms with Gasteiger partial charge >= 0.3 is 0 Å². The van der Waals surface area contributed by atoms with Gasteiger partial charge in [0.15, 0.2) is 0 Å². The number of para-hydroxylation sites is 2. The minimum Gasteiger partial charge on any atom is -0.495 e. The topological polar surface area (TPSA) is 105 Å². The first-order chi connectivity index (χ1) is 17.0. The Morgan fingerprint density at radius 1 is 1.11 bits per heavy atom. The maximum atomic E-state index is 13.5. The van der Waals surface area contributed by atoms with Crippen molar-refractivity contribution in [2.75, 3.05) is 61.9 Å². The number of nitro groups is 1. The summed E-state index contributed by atoms with van der Waals surface area (Å²) in [5, 5.41) is 11.7. The summed E-state index contributed by atoms with van der Waals surface area (Å²) < 4.78 is 5.51. The van der Waals surface area contributed by atoms with Crippen LogP contribution in [0.3, 0.4) is 0 Å². The third-order valence-electron chi connectivity index (χ3n) is 7.15. The molecule has 188 valence electrons. The van der Waals surface area contributed by atoms with Crippen molar-refractivity contribution in [1.82, 2.24) is 4.90 Å². The van der Waals surface area contributed by atoms with Crippen LogP contribution in [0.25, 0.3) is 0 Å². The number of methoxy groups -OCH3 is 1. The smallest absolute Gasteiger partial charge is 0.292 e. The number of ether oxygens (including phenoxy) is 1. The molecule has 35 heavy (non-hydrogen) atoms. The van der Waals surface area contributed by atoms with Crippen molar-refractivity contribution in [3.05, 3.63) is 52.6 Å². The number of carbonyl (C=O) groups excluding carboxylic acids is 1. The van der Waals surface area contributed by atoms with E-state index in [1.54, 1.807) is 30.2 Å². The summed E-state index contributed by atoms with van der Waals surface area (Å²) in [6, 6.07) is 12.3. The number of nitrogen functional groups attached to an aromatic ring is 1. The van der Waals surface area contributed by atoms with Gasteiger partial charge in [0.25, 0.3) is 5.69 Å². The van der Waals surface area contributed by atoms with E-state index in [-0.39, 0.29) is 17.5 Å². The van der Waals surface area contributed by atoms with Crippen molar-refractivity contribution >= 4 is 28.7 Å². The van der Waals surface area contributed by atoms with E-state index in [2.05, 4.69) is 9.80 Å². The zero-order valence-electron chi connectivity index (χ0n) is 20.4. The molecule has 2 aromatic carbocycles. The molecule has 0 unspecified atom stereocenters. The molecule has 9 nitrogen and oxygen atoms in total. The van der Waals surface area contributed by atoms with Gasteiger partial charge in [0, 0.05) is 63.0 Å². The molecular weight excluding hydrogens is 446 g/mol. The van der Waals surface area contributed by atoms with Crippen LogP contribution in [0.2, 0.25) is 0 Å². The Bertz CT molecular complexity index is 1030. The van der Waals surface area contributed by atoms with Gasteiger partial charge in [-0.1, -0.05) is 31.4 Å². The van der Waals surface area contributed by atoms with E-state index in [4.69, 9.17) is 10.5 Å². The number of rotatable bonds is 8. The van der Waals surface area contributed by atoms with E-state index in [0.717, 1.165) is 69.7 Å². The molecule has 1 heterocycles. The Morgan fingerprint density at radius 3 is 2.51 bits per heavy atom. The lowest BCUT2D eigenvalue weighted by atomic mass is 9.88. The third kappa shape index (κ3) is 5.85.